The standard InChI is InChI=1S/C10H18N4O2S/c1-6(2)12-10(4,8(15)16)5-17-9-11-7(3)13-14-9/h6,12H,5H2,1-4H3,(H,15,16)(H,11,13,14). The van der Waals surface area contributed by atoms with E-state index in [2.05, 4.69) is 20.5 Å². The normalized spacial score (nSPS) is 14.9. The van der Waals surface area contributed by atoms with Crippen molar-refractivity contribution in [3.63, 3.8) is 0 Å². The summed E-state index contributed by atoms with van der Waals surface area (Å²) in [5.74, 6) is 0.227. The molecule has 0 aliphatic rings. The van der Waals surface area contributed by atoms with Crippen molar-refractivity contribution in [2.24, 2.45) is 0 Å². The van der Waals surface area contributed by atoms with Crippen LogP contribution in [0.25, 0.3) is 0 Å². The van der Waals surface area contributed by atoms with Crippen molar-refractivity contribution < 1.29 is 9.90 Å². The lowest BCUT2D eigenvalue weighted by Gasteiger charge is -2.27. The Hall–Kier alpha value is -1.08. The Bertz CT molecular complexity index is 393. The second-order valence-electron chi connectivity index (χ2n) is 4.43. The van der Waals surface area contributed by atoms with E-state index >= 15 is 0 Å². The molecule has 96 valence electrons. The highest BCUT2D eigenvalue weighted by atomic mass is 32.2. The van der Waals surface area contributed by atoms with Gasteiger partial charge in [-0.25, -0.2) is 4.98 Å². The molecular weight excluding hydrogens is 240 g/mol. The number of nitrogens with zero attached hydrogens (tertiary/aromatic N) is 2. The number of H-pyrrole nitrogens is 1. The average Bonchev–Trinajstić information content (AvgIpc) is 2.60. The summed E-state index contributed by atoms with van der Waals surface area (Å²) in [6.45, 7) is 7.31. The monoisotopic (exact) mass is 258 g/mol. The number of aliphatic carboxylic acids is 1. The van der Waals surface area contributed by atoms with E-state index in [0.29, 0.717) is 10.9 Å². The minimum absolute atomic E-state index is 0.102. The molecule has 3 N–H and O–H groups in total. The molecule has 1 unspecified atom stereocenters. The highest BCUT2D eigenvalue weighted by Crippen LogP contribution is 2.20. The number of thioether (sulfide) groups is 1. The summed E-state index contributed by atoms with van der Waals surface area (Å²) in [6.07, 6.45) is 0. The summed E-state index contributed by atoms with van der Waals surface area (Å²) < 4.78 is 0. The summed E-state index contributed by atoms with van der Waals surface area (Å²) in [7, 11) is 0. The number of aromatic nitrogens is 3. The van der Waals surface area contributed by atoms with Crippen molar-refractivity contribution in [1.82, 2.24) is 20.5 Å². The summed E-state index contributed by atoms with van der Waals surface area (Å²) in [5, 5.41) is 19.5. The molecule has 17 heavy (non-hydrogen) atoms. The molecule has 7 heteroatoms. The summed E-state index contributed by atoms with van der Waals surface area (Å²) in [4.78, 5) is 15.4. The predicted molar refractivity (Wildman–Crippen MR) is 66.2 cm³/mol. The van der Waals surface area contributed by atoms with Crippen molar-refractivity contribution in [2.75, 3.05) is 5.75 Å². The quantitative estimate of drug-likeness (QED) is 0.661. The number of carboxylic acids is 1. The second kappa shape index (κ2) is 5.50. The minimum atomic E-state index is -0.979. The number of hydrogen-bond acceptors (Lipinski definition) is 5. The van der Waals surface area contributed by atoms with E-state index in [0.717, 1.165) is 5.82 Å². The van der Waals surface area contributed by atoms with Gasteiger partial charge < -0.3 is 5.11 Å². The topological polar surface area (TPSA) is 90.9 Å². The van der Waals surface area contributed by atoms with Crippen LogP contribution in [-0.2, 0) is 4.79 Å². The number of aromatic amines is 1. The molecule has 1 atom stereocenters. The fourth-order valence-corrected chi connectivity index (χ4v) is 2.33. The fourth-order valence-electron chi connectivity index (χ4n) is 1.40. The van der Waals surface area contributed by atoms with Gasteiger partial charge in [0, 0.05) is 11.8 Å². The zero-order valence-electron chi connectivity index (χ0n) is 10.4. The van der Waals surface area contributed by atoms with E-state index in [9.17, 15) is 9.90 Å². The van der Waals surface area contributed by atoms with E-state index in [-0.39, 0.29) is 6.04 Å². The molecule has 1 heterocycles. The predicted octanol–water partition coefficient (Wildman–Crippen LogP) is 1.05. The van der Waals surface area contributed by atoms with Crippen molar-refractivity contribution in [3.8, 4) is 0 Å². The van der Waals surface area contributed by atoms with Crippen LogP contribution in [0.15, 0.2) is 5.16 Å². The molecule has 0 saturated carbocycles. The number of nitrogens with one attached hydrogen (secondary N) is 2. The molecule has 0 aliphatic carbocycles. The molecule has 0 bridgehead atoms. The molecule has 1 aromatic heterocycles. The maximum atomic E-state index is 11.3. The van der Waals surface area contributed by atoms with Crippen molar-refractivity contribution in [1.29, 1.82) is 0 Å². The molecule has 0 radical (unpaired) electrons. The zero-order valence-corrected chi connectivity index (χ0v) is 11.3. The number of carboxylic acid groups (broad SMARTS) is 1. The first-order valence-electron chi connectivity index (χ1n) is 5.36. The maximum absolute atomic E-state index is 11.3. The van der Waals surface area contributed by atoms with Gasteiger partial charge in [-0.1, -0.05) is 11.8 Å². The molecule has 0 amide bonds. The van der Waals surface area contributed by atoms with Gasteiger partial charge in [-0.3, -0.25) is 15.2 Å². The Morgan fingerprint density at radius 3 is 2.71 bits per heavy atom. The Labute approximate surface area is 105 Å². The molecule has 0 saturated heterocycles. The minimum Gasteiger partial charge on any atom is -0.480 e. The Morgan fingerprint density at radius 1 is 1.65 bits per heavy atom. The molecule has 1 rings (SSSR count). The number of rotatable bonds is 6. The van der Waals surface area contributed by atoms with Crippen molar-refractivity contribution in [3.05, 3.63) is 5.82 Å². The third-order valence-corrected chi connectivity index (χ3v) is 3.31. The fraction of sp³-hybridized carbons (Fsp3) is 0.700. The van der Waals surface area contributed by atoms with E-state index in [1.165, 1.54) is 11.8 Å². The summed E-state index contributed by atoms with van der Waals surface area (Å²) in [6, 6.07) is 0.102. The Balaban J connectivity index is 2.64. The van der Waals surface area contributed by atoms with E-state index in [1.54, 1.807) is 13.8 Å². The lowest BCUT2D eigenvalue weighted by molar-refractivity contribution is -0.143. The van der Waals surface area contributed by atoms with Crippen molar-refractivity contribution in [2.45, 2.75) is 44.4 Å². The molecule has 6 nitrogen and oxygen atoms in total. The van der Waals surface area contributed by atoms with E-state index in [1.807, 2.05) is 13.8 Å². The van der Waals surface area contributed by atoms with Gasteiger partial charge in [0.15, 0.2) is 0 Å². The van der Waals surface area contributed by atoms with Crippen LogP contribution in [0.1, 0.15) is 26.6 Å². The van der Waals surface area contributed by atoms with Crippen LogP contribution in [0, 0.1) is 6.92 Å². The van der Waals surface area contributed by atoms with Crippen LogP contribution in [-0.4, -0.2) is 43.6 Å². The molecule has 1 aromatic rings. The number of hydrogen-bond donors (Lipinski definition) is 3. The molecular formula is C10H18N4O2S. The first-order valence-corrected chi connectivity index (χ1v) is 6.35. The number of aryl methyl sites for hydroxylation is 1. The van der Waals surface area contributed by atoms with E-state index in [4.69, 9.17) is 0 Å². The van der Waals surface area contributed by atoms with E-state index < -0.39 is 11.5 Å². The van der Waals surface area contributed by atoms with Crippen LogP contribution in [0.5, 0.6) is 0 Å². The van der Waals surface area contributed by atoms with Gasteiger partial charge in [-0.15, -0.1) is 5.10 Å². The van der Waals surface area contributed by atoms with Gasteiger partial charge in [0.1, 0.15) is 11.4 Å². The van der Waals surface area contributed by atoms with Crippen LogP contribution >= 0.6 is 11.8 Å². The zero-order chi connectivity index (χ0) is 13.1. The van der Waals surface area contributed by atoms with Gasteiger partial charge >= 0.3 is 5.97 Å². The lowest BCUT2D eigenvalue weighted by Crippen LogP contribution is -2.54. The summed E-state index contributed by atoms with van der Waals surface area (Å²) >= 11 is 1.32. The second-order valence-corrected chi connectivity index (χ2v) is 5.37. The highest BCUT2D eigenvalue weighted by Gasteiger charge is 2.34. The lowest BCUT2D eigenvalue weighted by atomic mass is 10.1. The smallest absolute Gasteiger partial charge is 0.324 e. The van der Waals surface area contributed by atoms with Crippen LogP contribution in [0.3, 0.4) is 0 Å². The number of carbonyl (C=O) groups is 1. The van der Waals surface area contributed by atoms with Crippen LogP contribution < -0.4 is 5.32 Å². The maximum Gasteiger partial charge on any atom is 0.324 e. The van der Waals surface area contributed by atoms with Gasteiger partial charge in [-0.05, 0) is 27.7 Å². The average molecular weight is 258 g/mol. The first kappa shape index (κ1) is 14.0. The van der Waals surface area contributed by atoms with Gasteiger partial charge in [0.25, 0.3) is 0 Å². The largest absolute Gasteiger partial charge is 0.480 e. The van der Waals surface area contributed by atoms with Crippen LogP contribution in [0.4, 0.5) is 0 Å². The van der Waals surface area contributed by atoms with Crippen LogP contribution in [0.2, 0.25) is 0 Å². The van der Waals surface area contributed by atoms with Gasteiger partial charge in [-0.2, -0.15) is 0 Å². The highest BCUT2D eigenvalue weighted by molar-refractivity contribution is 7.99. The third-order valence-electron chi connectivity index (χ3n) is 2.15. The first-order chi connectivity index (χ1) is 7.83. The van der Waals surface area contributed by atoms with Gasteiger partial charge in [0.05, 0.1) is 0 Å². The van der Waals surface area contributed by atoms with Crippen molar-refractivity contribution >= 4 is 17.7 Å². The third kappa shape index (κ3) is 4.01. The molecule has 0 aliphatic heterocycles. The van der Waals surface area contributed by atoms with Gasteiger partial charge in [0.2, 0.25) is 5.16 Å². The molecule has 0 fully saturated rings. The molecule has 0 aromatic carbocycles. The Kier molecular flexibility index (Phi) is 4.53. The molecule has 0 spiro atoms. The Morgan fingerprint density at radius 2 is 2.29 bits per heavy atom. The SMILES string of the molecule is Cc1nc(SCC(C)(NC(C)C)C(=O)O)n[nH]1. The summed E-state index contributed by atoms with van der Waals surface area (Å²) in [5.41, 5.74) is -0.979.